The first-order valence-corrected chi connectivity index (χ1v) is 6.29. The highest BCUT2D eigenvalue weighted by Gasteiger charge is 2.10. The molecule has 84 valence electrons. The van der Waals surface area contributed by atoms with Crippen LogP contribution in [0, 0.1) is 5.92 Å². The third-order valence-electron chi connectivity index (χ3n) is 2.57. The van der Waals surface area contributed by atoms with Crippen molar-refractivity contribution in [1.29, 1.82) is 0 Å². The minimum atomic E-state index is 0.157. The SMILES string of the molecule is CC(C)C(C)NC(=O)CCc1cccs1. The van der Waals surface area contributed by atoms with Crippen molar-refractivity contribution < 1.29 is 4.79 Å². The number of rotatable bonds is 5. The smallest absolute Gasteiger partial charge is 0.220 e. The number of nitrogens with one attached hydrogen (secondary N) is 1. The maximum Gasteiger partial charge on any atom is 0.220 e. The molecule has 1 atom stereocenters. The van der Waals surface area contributed by atoms with Crippen molar-refractivity contribution in [2.75, 3.05) is 0 Å². The Kier molecular flexibility index (Phi) is 4.82. The van der Waals surface area contributed by atoms with Crippen LogP contribution in [0.25, 0.3) is 0 Å². The van der Waals surface area contributed by atoms with E-state index >= 15 is 0 Å². The Balaban J connectivity index is 2.25. The summed E-state index contributed by atoms with van der Waals surface area (Å²) in [5.41, 5.74) is 0. The summed E-state index contributed by atoms with van der Waals surface area (Å²) in [5, 5.41) is 5.05. The summed E-state index contributed by atoms with van der Waals surface area (Å²) < 4.78 is 0. The Morgan fingerprint density at radius 1 is 1.47 bits per heavy atom. The van der Waals surface area contributed by atoms with Gasteiger partial charge < -0.3 is 5.32 Å². The normalized spacial score (nSPS) is 12.8. The average molecular weight is 225 g/mol. The van der Waals surface area contributed by atoms with Gasteiger partial charge in [-0.3, -0.25) is 4.79 Å². The van der Waals surface area contributed by atoms with E-state index in [1.54, 1.807) is 11.3 Å². The van der Waals surface area contributed by atoms with Gasteiger partial charge in [-0.1, -0.05) is 19.9 Å². The molecule has 1 aromatic rings. The van der Waals surface area contributed by atoms with E-state index in [1.807, 2.05) is 18.4 Å². The lowest BCUT2D eigenvalue weighted by atomic mass is 10.1. The number of hydrogen-bond donors (Lipinski definition) is 1. The van der Waals surface area contributed by atoms with E-state index in [1.165, 1.54) is 4.88 Å². The van der Waals surface area contributed by atoms with Crippen molar-refractivity contribution in [3.05, 3.63) is 22.4 Å². The Bertz CT molecular complexity index is 293. The van der Waals surface area contributed by atoms with E-state index in [-0.39, 0.29) is 11.9 Å². The highest BCUT2D eigenvalue weighted by Crippen LogP contribution is 2.11. The molecule has 0 aromatic carbocycles. The minimum absolute atomic E-state index is 0.157. The summed E-state index contributed by atoms with van der Waals surface area (Å²) in [6.07, 6.45) is 1.45. The Morgan fingerprint density at radius 3 is 2.73 bits per heavy atom. The van der Waals surface area contributed by atoms with Gasteiger partial charge in [-0.2, -0.15) is 0 Å². The van der Waals surface area contributed by atoms with Crippen molar-refractivity contribution in [1.82, 2.24) is 5.32 Å². The third-order valence-corrected chi connectivity index (χ3v) is 3.50. The summed E-state index contributed by atoms with van der Waals surface area (Å²) in [4.78, 5) is 12.8. The van der Waals surface area contributed by atoms with Crippen LogP contribution < -0.4 is 5.32 Å². The van der Waals surface area contributed by atoms with Crippen molar-refractivity contribution in [3.8, 4) is 0 Å². The second-order valence-corrected chi connectivity index (χ2v) is 5.21. The van der Waals surface area contributed by atoms with Crippen molar-refractivity contribution in [3.63, 3.8) is 0 Å². The topological polar surface area (TPSA) is 29.1 Å². The quantitative estimate of drug-likeness (QED) is 0.820. The minimum Gasteiger partial charge on any atom is -0.353 e. The van der Waals surface area contributed by atoms with Crippen LogP contribution in [-0.4, -0.2) is 11.9 Å². The van der Waals surface area contributed by atoms with Crippen LogP contribution in [0.1, 0.15) is 32.1 Å². The van der Waals surface area contributed by atoms with Gasteiger partial charge in [0.1, 0.15) is 0 Å². The number of aryl methyl sites for hydroxylation is 1. The summed E-state index contributed by atoms with van der Waals surface area (Å²) >= 11 is 1.71. The first-order valence-electron chi connectivity index (χ1n) is 5.41. The molecule has 1 N–H and O–H groups in total. The van der Waals surface area contributed by atoms with Crippen LogP contribution in [0.3, 0.4) is 0 Å². The molecule has 1 aromatic heterocycles. The van der Waals surface area contributed by atoms with Gasteiger partial charge in [0.2, 0.25) is 5.91 Å². The molecule has 0 aliphatic heterocycles. The van der Waals surface area contributed by atoms with Gasteiger partial charge in [0.15, 0.2) is 0 Å². The maximum atomic E-state index is 11.5. The molecule has 0 saturated heterocycles. The van der Waals surface area contributed by atoms with Gasteiger partial charge in [0, 0.05) is 17.3 Å². The van der Waals surface area contributed by atoms with Gasteiger partial charge in [-0.25, -0.2) is 0 Å². The third kappa shape index (κ3) is 4.47. The summed E-state index contributed by atoms with van der Waals surface area (Å²) in [7, 11) is 0. The lowest BCUT2D eigenvalue weighted by Crippen LogP contribution is -2.36. The maximum absolute atomic E-state index is 11.5. The van der Waals surface area contributed by atoms with E-state index in [0.717, 1.165) is 6.42 Å². The van der Waals surface area contributed by atoms with E-state index in [2.05, 4.69) is 25.2 Å². The average Bonchev–Trinajstić information content (AvgIpc) is 2.66. The van der Waals surface area contributed by atoms with Gasteiger partial charge in [-0.05, 0) is 30.7 Å². The molecular weight excluding hydrogens is 206 g/mol. The Hall–Kier alpha value is -0.830. The van der Waals surface area contributed by atoms with Crippen LogP contribution in [-0.2, 0) is 11.2 Å². The van der Waals surface area contributed by atoms with Crippen molar-refractivity contribution in [2.45, 2.75) is 39.7 Å². The molecule has 0 aliphatic rings. The zero-order valence-electron chi connectivity index (χ0n) is 9.62. The molecule has 0 radical (unpaired) electrons. The van der Waals surface area contributed by atoms with E-state index < -0.39 is 0 Å². The van der Waals surface area contributed by atoms with Crippen LogP contribution in [0.5, 0.6) is 0 Å². The van der Waals surface area contributed by atoms with Crippen LogP contribution in [0.2, 0.25) is 0 Å². The molecule has 2 nitrogen and oxygen atoms in total. The first kappa shape index (κ1) is 12.2. The second kappa shape index (κ2) is 5.91. The molecule has 1 amide bonds. The first-order chi connectivity index (χ1) is 7.09. The van der Waals surface area contributed by atoms with Crippen molar-refractivity contribution in [2.24, 2.45) is 5.92 Å². The summed E-state index contributed by atoms with van der Waals surface area (Å²) in [6, 6.07) is 4.36. The van der Waals surface area contributed by atoms with Gasteiger partial charge >= 0.3 is 0 Å². The lowest BCUT2D eigenvalue weighted by molar-refractivity contribution is -0.121. The van der Waals surface area contributed by atoms with E-state index in [4.69, 9.17) is 0 Å². The van der Waals surface area contributed by atoms with Crippen LogP contribution in [0.15, 0.2) is 17.5 Å². The molecule has 0 saturated carbocycles. The van der Waals surface area contributed by atoms with E-state index in [9.17, 15) is 4.79 Å². The molecule has 0 bridgehead atoms. The monoisotopic (exact) mass is 225 g/mol. The molecule has 15 heavy (non-hydrogen) atoms. The highest BCUT2D eigenvalue weighted by atomic mass is 32.1. The number of carbonyl (C=O) groups excluding carboxylic acids is 1. The number of hydrogen-bond acceptors (Lipinski definition) is 2. The summed E-state index contributed by atoms with van der Waals surface area (Å²) in [6.45, 7) is 6.28. The fourth-order valence-corrected chi connectivity index (χ4v) is 1.89. The lowest BCUT2D eigenvalue weighted by Gasteiger charge is -2.17. The van der Waals surface area contributed by atoms with Crippen molar-refractivity contribution >= 4 is 17.2 Å². The van der Waals surface area contributed by atoms with E-state index in [0.29, 0.717) is 12.3 Å². The Labute approximate surface area is 95.7 Å². The number of amides is 1. The molecule has 1 rings (SSSR count). The molecule has 1 heterocycles. The zero-order chi connectivity index (χ0) is 11.3. The largest absolute Gasteiger partial charge is 0.353 e. The number of carbonyl (C=O) groups is 1. The predicted octanol–water partition coefficient (Wildman–Crippen LogP) is 2.84. The van der Waals surface area contributed by atoms with Crippen LogP contribution in [0.4, 0.5) is 0 Å². The molecule has 0 aliphatic carbocycles. The zero-order valence-corrected chi connectivity index (χ0v) is 10.4. The van der Waals surface area contributed by atoms with Gasteiger partial charge in [0.05, 0.1) is 0 Å². The van der Waals surface area contributed by atoms with Crippen LogP contribution >= 0.6 is 11.3 Å². The van der Waals surface area contributed by atoms with Gasteiger partial charge in [-0.15, -0.1) is 11.3 Å². The predicted molar refractivity (Wildman–Crippen MR) is 65.1 cm³/mol. The fraction of sp³-hybridized carbons (Fsp3) is 0.583. The molecular formula is C12H19NOS. The second-order valence-electron chi connectivity index (χ2n) is 4.18. The highest BCUT2D eigenvalue weighted by molar-refractivity contribution is 7.09. The standard InChI is InChI=1S/C12H19NOS/c1-9(2)10(3)13-12(14)7-6-11-5-4-8-15-11/h4-5,8-10H,6-7H2,1-3H3,(H,13,14). The van der Waals surface area contributed by atoms with Gasteiger partial charge in [0.25, 0.3) is 0 Å². The Morgan fingerprint density at radius 2 is 2.20 bits per heavy atom. The number of thiophene rings is 1. The molecule has 3 heteroatoms. The summed E-state index contributed by atoms with van der Waals surface area (Å²) in [5.74, 6) is 0.653. The molecule has 1 unspecified atom stereocenters. The fourth-order valence-electron chi connectivity index (χ4n) is 1.18. The molecule has 0 fully saturated rings. The molecule has 0 spiro atoms.